The summed E-state index contributed by atoms with van der Waals surface area (Å²) in [7, 11) is -3.01. The SMILES string of the molecule is CS(=O)(=O)CCCNC(=O)c1cnc(N)c2ccccc12. The van der Waals surface area contributed by atoms with Crippen LogP contribution in [0.3, 0.4) is 0 Å². The van der Waals surface area contributed by atoms with Crippen LogP contribution in [-0.4, -0.2) is 37.9 Å². The zero-order valence-electron chi connectivity index (χ0n) is 11.7. The van der Waals surface area contributed by atoms with Crippen molar-refractivity contribution in [2.75, 3.05) is 24.3 Å². The van der Waals surface area contributed by atoms with E-state index in [2.05, 4.69) is 10.3 Å². The number of rotatable bonds is 5. The summed E-state index contributed by atoms with van der Waals surface area (Å²) in [6, 6.07) is 7.26. The first kappa shape index (κ1) is 15.2. The number of carbonyl (C=O) groups excluding carboxylic acids is 1. The molecule has 6 nitrogen and oxygen atoms in total. The van der Waals surface area contributed by atoms with Crippen molar-refractivity contribution in [3.63, 3.8) is 0 Å². The molecule has 7 heteroatoms. The topological polar surface area (TPSA) is 102 Å². The smallest absolute Gasteiger partial charge is 0.253 e. The lowest BCUT2D eigenvalue weighted by molar-refractivity contribution is 0.0955. The maximum Gasteiger partial charge on any atom is 0.253 e. The third-order valence-electron chi connectivity index (χ3n) is 3.05. The molecule has 0 aliphatic carbocycles. The normalized spacial score (nSPS) is 11.5. The minimum atomic E-state index is -3.01. The van der Waals surface area contributed by atoms with Gasteiger partial charge in [-0.1, -0.05) is 24.3 Å². The van der Waals surface area contributed by atoms with E-state index in [-0.39, 0.29) is 11.7 Å². The average Bonchev–Trinajstić information content (AvgIpc) is 2.43. The van der Waals surface area contributed by atoms with Gasteiger partial charge in [0.15, 0.2) is 0 Å². The molecule has 0 aliphatic rings. The van der Waals surface area contributed by atoms with E-state index < -0.39 is 9.84 Å². The van der Waals surface area contributed by atoms with Gasteiger partial charge >= 0.3 is 0 Å². The minimum Gasteiger partial charge on any atom is -0.383 e. The number of nitrogen functional groups attached to an aromatic ring is 1. The Morgan fingerprint density at radius 1 is 1.29 bits per heavy atom. The number of pyridine rings is 1. The Bertz CT molecular complexity index is 772. The van der Waals surface area contributed by atoms with Gasteiger partial charge in [-0.15, -0.1) is 0 Å². The predicted octanol–water partition coefficient (Wildman–Crippen LogP) is 0.982. The first-order valence-corrected chi connectivity index (χ1v) is 8.53. The molecule has 3 N–H and O–H groups in total. The van der Waals surface area contributed by atoms with Crippen LogP contribution in [0, 0.1) is 0 Å². The summed E-state index contributed by atoms with van der Waals surface area (Å²) in [5.41, 5.74) is 6.22. The largest absolute Gasteiger partial charge is 0.383 e. The molecule has 0 bridgehead atoms. The number of anilines is 1. The van der Waals surface area contributed by atoms with Gasteiger partial charge in [0.2, 0.25) is 0 Å². The molecule has 21 heavy (non-hydrogen) atoms. The van der Waals surface area contributed by atoms with Gasteiger partial charge in [-0.3, -0.25) is 4.79 Å². The summed E-state index contributed by atoms with van der Waals surface area (Å²) in [6.07, 6.45) is 2.99. The number of hydrogen-bond acceptors (Lipinski definition) is 5. The fourth-order valence-corrected chi connectivity index (χ4v) is 2.70. The van der Waals surface area contributed by atoms with Crippen molar-refractivity contribution in [3.05, 3.63) is 36.0 Å². The molecule has 0 unspecified atom stereocenters. The van der Waals surface area contributed by atoms with E-state index in [1.807, 2.05) is 12.1 Å². The van der Waals surface area contributed by atoms with Crippen molar-refractivity contribution in [1.29, 1.82) is 0 Å². The monoisotopic (exact) mass is 307 g/mol. The molecular formula is C14H17N3O3S. The highest BCUT2D eigenvalue weighted by molar-refractivity contribution is 7.90. The van der Waals surface area contributed by atoms with Crippen molar-refractivity contribution >= 4 is 32.3 Å². The summed E-state index contributed by atoms with van der Waals surface area (Å²) in [5, 5.41) is 4.15. The Kier molecular flexibility index (Phi) is 4.42. The number of amides is 1. The molecule has 0 radical (unpaired) electrons. The van der Waals surface area contributed by atoms with Crippen LogP contribution in [0.15, 0.2) is 30.5 Å². The highest BCUT2D eigenvalue weighted by atomic mass is 32.2. The van der Waals surface area contributed by atoms with Gasteiger partial charge in [-0.2, -0.15) is 0 Å². The molecule has 0 atom stereocenters. The van der Waals surface area contributed by atoms with Crippen LogP contribution in [0.25, 0.3) is 10.8 Å². The van der Waals surface area contributed by atoms with E-state index in [4.69, 9.17) is 5.73 Å². The van der Waals surface area contributed by atoms with Gasteiger partial charge in [-0.05, 0) is 11.8 Å². The number of benzene rings is 1. The molecule has 1 aromatic carbocycles. The summed E-state index contributed by atoms with van der Waals surface area (Å²) in [5.74, 6) is 0.139. The average molecular weight is 307 g/mol. The van der Waals surface area contributed by atoms with Gasteiger partial charge in [-0.25, -0.2) is 13.4 Å². The molecule has 1 aromatic heterocycles. The van der Waals surface area contributed by atoms with Crippen molar-refractivity contribution in [2.45, 2.75) is 6.42 Å². The van der Waals surface area contributed by atoms with Crippen molar-refractivity contribution < 1.29 is 13.2 Å². The second kappa shape index (κ2) is 6.09. The molecule has 0 aliphatic heterocycles. The van der Waals surface area contributed by atoms with E-state index in [1.165, 1.54) is 12.5 Å². The van der Waals surface area contributed by atoms with Crippen LogP contribution < -0.4 is 11.1 Å². The van der Waals surface area contributed by atoms with Gasteiger partial charge in [0.25, 0.3) is 5.91 Å². The molecule has 0 saturated carbocycles. The molecule has 112 valence electrons. The standard InChI is InChI=1S/C14H17N3O3S/c1-21(19,20)8-4-7-16-14(18)12-9-17-13(15)11-6-3-2-5-10(11)12/h2-3,5-6,9H,4,7-8H2,1H3,(H2,15,17)(H,16,18). The van der Waals surface area contributed by atoms with Crippen molar-refractivity contribution in [3.8, 4) is 0 Å². The number of hydrogen-bond donors (Lipinski definition) is 2. The third kappa shape index (κ3) is 3.91. The van der Waals surface area contributed by atoms with Gasteiger partial charge < -0.3 is 11.1 Å². The number of sulfone groups is 1. The number of carbonyl (C=O) groups is 1. The fourth-order valence-electron chi connectivity index (χ4n) is 2.03. The second-order valence-corrected chi connectivity index (χ2v) is 7.10. The molecule has 0 fully saturated rings. The van der Waals surface area contributed by atoms with Crippen LogP contribution in [0.5, 0.6) is 0 Å². The summed E-state index contributed by atoms with van der Waals surface area (Å²) in [4.78, 5) is 16.2. The van der Waals surface area contributed by atoms with E-state index in [0.717, 1.165) is 10.8 Å². The van der Waals surface area contributed by atoms with E-state index in [1.54, 1.807) is 12.1 Å². The molecule has 2 rings (SSSR count). The zero-order chi connectivity index (χ0) is 15.5. The van der Waals surface area contributed by atoms with E-state index in [9.17, 15) is 13.2 Å². The number of fused-ring (bicyclic) bond motifs is 1. The first-order chi connectivity index (χ1) is 9.88. The van der Waals surface area contributed by atoms with Crippen LogP contribution >= 0.6 is 0 Å². The summed E-state index contributed by atoms with van der Waals surface area (Å²) < 4.78 is 22.0. The first-order valence-electron chi connectivity index (χ1n) is 6.47. The van der Waals surface area contributed by atoms with Crippen molar-refractivity contribution in [2.24, 2.45) is 0 Å². The molecule has 1 amide bonds. The van der Waals surface area contributed by atoms with Crippen LogP contribution in [-0.2, 0) is 9.84 Å². The highest BCUT2D eigenvalue weighted by Crippen LogP contribution is 2.22. The fraction of sp³-hybridized carbons (Fsp3) is 0.286. The summed E-state index contributed by atoms with van der Waals surface area (Å²) in [6.45, 7) is 0.296. The zero-order valence-corrected chi connectivity index (χ0v) is 12.5. The summed E-state index contributed by atoms with van der Waals surface area (Å²) >= 11 is 0. The number of aromatic nitrogens is 1. The lowest BCUT2D eigenvalue weighted by Gasteiger charge is -2.08. The van der Waals surface area contributed by atoms with Crippen LogP contribution in [0.2, 0.25) is 0 Å². The molecule has 2 aromatic rings. The number of nitrogens with one attached hydrogen (secondary N) is 1. The number of nitrogens with two attached hydrogens (primary N) is 1. The molecule has 0 spiro atoms. The minimum absolute atomic E-state index is 0.0496. The Morgan fingerprint density at radius 2 is 1.95 bits per heavy atom. The molecule has 0 saturated heterocycles. The van der Waals surface area contributed by atoms with Gasteiger partial charge in [0.05, 0.1) is 11.3 Å². The Balaban J connectivity index is 2.12. The second-order valence-electron chi connectivity index (χ2n) is 4.84. The third-order valence-corrected chi connectivity index (χ3v) is 4.08. The van der Waals surface area contributed by atoms with Crippen LogP contribution in [0.1, 0.15) is 16.8 Å². The molecular weight excluding hydrogens is 290 g/mol. The number of nitrogens with zero attached hydrogens (tertiary/aromatic N) is 1. The maximum absolute atomic E-state index is 12.2. The lowest BCUT2D eigenvalue weighted by atomic mass is 10.1. The maximum atomic E-state index is 12.2. The van der Waals surface area contributed by atoms with Crippen molar-refractivity contribution in [1.82, 2.24) is 10.3 Å². The Morgan fingerprint density at radius 3 is 2.62 bits per heavy atom. The Hall–Kier alpha value is -2.15. The Labute approximate surface area is 123 Å². The highest BCUT2D eigenvalue weighted by Gasteiger charge is 2.12. The van der Waals surface area contributed by atoms with E-state index >= 15 is 0 Å². The quantitative estimate of drug-likeness (QED) is 0.802. The molecule has 1 heterocycles. The van der Waals surface area contributed by atoms with Gasteiger partial charge in [0, 0.05) is 24.4 Å². The lowest BCUT2D eigenvalue weighted by Crippen LogP contribution is -2.26. The van der Waals surface area contributed by atoms with Gasteiger partial charge in [0.1, 0.15) is 15.7 Å². The van der Waals surface area contributed by atoms with E-state index in [0.29, 0.717) is 24.3 Å². The van der Waals surface area contributed by atoms with Crippen LogP contribution in [0.4, 0.5) is 5.82 Å². The predicted molar refractivity (Wildman–Crippen MR) is 82.8 cm³/mol.